The van der Waals surface area contributed by atoms with Gasteiger partial charge in [-0.05, 0) is 0 Å². The van der Waals surface area contributed by atoms with Gasteiger partial charge in [0.1, 0.15) is 0 Å². The average molecular weight is 251 g/mol. The van der Waals surface area contributed by atoms with Crippen molar-refractivity contribution < 1.29 is 15.2 Å². The summed E-state index contributed by atoms with van der Waals surface area (Å²) in [4.78, 5) is 11.2. The number of nitrogens with zero attached hydrogens (tertiary/aromatic N) is 2. The third-order valence-electron chi connectivity index (χ3n) is 1.83. The first-order chi connectivity index (χ1) is 5.68. The van der Waals surface area contributed by atoms with Gasteiger partial charge in [-0.3, -0.25) is 0 Å². The molecule has 0 aromatic carbocycles. The summed E-state index contributed by atoms with van der Waals surface area (Å²) in [6.45, 7) is 6.75. The molecule has 1 rings (SSSR count). The molecule has 0 bridgehead atoms. The van der Waals surface area contributed by atoms with E-state index in [9.17, 15) is 15.2 Å². The van der Waals surface area contributed by atoms with Crippen LogP contribution >= 0.6 is 0 Å². The molecule has 2 radical (unpaired) electrons. The Labute approximate surface area is 83.4 Å². The topological polar surface area (TPSA) is 63.4 Å². The SMILES string of the molecule is CC1(C)[Se]C(C)(C)N([O])C(=O)N1[O]. The molecule has 0 spiro atoms. The predicted molar refractivity (Wildman–Crippen MR) is 44.4 cm³/mol. The fourth-order valence-corrected chi connectivity index (χ4v) is 4.48. The van der Waals surface area contributed by atoms with E-state index in [0.29, 0.717) is 0 Å². The molecular weight excluding hydrogens is 239 g/mol. The molecule has 1 heterocycles. The van der Waals surface area contributed by atoms with Gasteiger partial charge in [-0.15, -0.1) is 0 Å². The molecule has 1 fully saturated rings. The Kier molecular flexibility index (Phi) is 2.36. The molecule has 2 amide bonds. The maximum atomic E-state index is 11.3. The first kappa shape index (κ1) is 10.8. The molecule has 13 heavy (non-hydrogen) atoms. The quantitative estimate of drug-likeness (QED) is 0.581. The number of carbonyl (C=O) groups is 1. The monoisotopic (exact) mass is 252 g/mol. The summed E-state index contributed by atoms with van der Waals surface area (Å²) < 4.78 is -1.46. The van der Waals surface area contributed by atoms with Crippen molar-refractivity contribution in [3.63, 3.8) is 0 Å². The minimum atomic E-state index is -0.983. The zero-order valence-corrected chi connectivity index (χ0v) is 9.74. The van der Waals surface area contributed by atoms with Crippen LogP contribution in [0.2, 0.25) is 0 Å². The first-order valence-corrected chi connectivity index (χ1v) is 5.59. The van der Waals surface area contributed by atoms with Crippen LogP contribution in [0.4, 0.5) is 4.79 Å². The number of hydroxylamine groups is 4. The van der Waals surface area contributed by atoms with Gasteiger partial charge in [0.2, 0.25) is 0 Å². The molecule has 0 aliphatic carbocycles. The van der Waals surface area contributed by atoms with Crippen LogP contribution < -0.4 is 0 Å². The first-order valence-electron chi connectivity index (χ1n) is 3.87. The number of hydrogen-bond donors (Lipinski definition) is 0. The summed E-state index contributed by atoms with van der Waals surface area (Å²) in [6, 6.07) is -0.983. The van der Waals surface area contributed by atoms with E-state index in [-0.39, 0.29) is 25.1 Å². The van der Waals surface area contributed by atoms with Gasteiger partial charge in [-0.1, -0.05) is 0 Å². The Morgan fingerprint density at radius 3 is 1.62 bits per heavy atom. The van der Waals surface area contributed by atoms with Crippen molar-refractivity contribution in [2.45, 2.75) is 36.6 Å². The van der Waals surface area contributed by atoms with E-state index in [1.54, 1.807) is 27.7 Å². The molecular formula is C7H12N2O3Se. The Hall–Kier alpha value is -0.291. The third-order valence-corrected chi connectivity index (χ3v) is 4.62. The van der Waals surface area contributed by atoms with Crippen LogP contribution in [0.3, 0.4) is 0 Å². The molecule has 0 saturated carbocycles. The summed E-state index contributed by atoms with van der Waals surface area (Å²) in [6.07, 6.45) is 0. The van der Waals surface area contributed by atoms with Crippen LogP contribution in [-0.4, -0.2) is 40.0 Å². The minimum absolute atomic E-state index is 0.225. The van der Waals surface area contributed by atoms with Crippen LogP contribution in [0, 0.1) is 0 Å². The summed E-state index contributed by atoms with van der Waals surface area (Å²) in [7, 11) is 0. The van der Waals surface area contributed by atoms with Crippen LogP contribution in [0.1, 0.15) is 27.7 Å². The van der Waals surface area contributed by atoms with Crippen molar-refractivity contribution in [2.75, 3.05) is 0 Å². The van der Waals surface area contributed by atoms with Gasteiger partial charge in [0.05, 0.1) is 0 Å². The fraction of sp³-hybridized carbons (Fsp3) is 0.857. The second-order valence-electron chi connectivity index (χ2n) is 3.87. The van der Waals surface area contributed by atoms with Gasteiger partial charge >= 0.3 is 82.9 Å². The number of rotatable bonds is 0. The van der Waals surface area contributed by atoms with E-state index in [0.717, 1.165) is 0 Å². The molecule has 1 aliphatic heterocycles. The van der Waals surface area contributed by atoms with E-state index < -0.39 is 14.9 Å². The normalized spacial score (nSPS) is 26.5. The summed E-state index contributed by atoms with van der Waals surface area (Å²) in [5, 5.41) is 23.1. The number of hydrogen-bond acceptors (Lipinski definition) is 1. The predicted octanol–water partition coefficient (Wildman–Crippen LogP) is 0.591. The summed E-state index contributed by atoms with van der Waals surface area (Å²) in [5.74, 6) is 0. The van der Waals surface area contributed by atoms with E-state index in [2.05, 4.69) is 0 Å². The number of amides is 2. The van der Waals surface area contributed by atoms with E-state index >= 15 is 0 Å². The van der Waals surface area contributed by atoms with E-state index in [1.807, 2.05) is 0 Å². The van der Waals surface area contributed by atoms with Crippen molar-refractivity contribution in [3.8, 4) is 0 Å². The van der Waals surface area contributed by atoms with Crippen molar-refractivity contribution in [3.05, 3.63) is 0 Å². The standard InChI is InChI=1S/C7H12N2O3Se/c1-6(2)8(11)5(10)9(12)7(3,4)13-6/h1-4H3. The van der Waals surface area contributed by atoms with E-state index in [4.69, 9.17) is 0 Å². The van der Waals surface area contributed by atoms with Gasteiger partial charge in [0.25, 0.3) is 0 Å². The van der Waals surface area contributed by atoms with Crippen molar-refractivity contribution in [1.82, 2.24) is 10.1 Å². The second-order valence-corrected chi connectivity index (χ2v) is 8.49. The molecule has 0 aromatic rings. The van der Waals surface area contributed by atoms with E-state index in [1.165, 1.54) is 0 Å². The molecule has 74 valence electrons. The zero-order valence-electron chi connectivity index (χ0n) is 8.03. The molecule has 1 aliphatic rings. The molecule has 1 saturated heterocycles. The van der Waals surface area contributed by atoms with Gasteiger partial charge in [0, 0.05) is 0 Å². The Bertz CT molecular complexity index is 220. The average Bonchev–Trinajstić information content (AvgIpc) is 1.96. The van der Waals surface area contributed by atoms with Crippen molar-refractivity contribution in [2.24, 2.45) is 0 Å². The molecule has 0 unspecified atom stereocenters. The van der Waals surface area contributed by atoms with Gasteiger partial charge in [0.15, 0.2) is 0 Å². The van der Waals surface area contributed by atoms with Gasteiger partial charge in [-0.2, -0.15) is 0 Å². The van der Waals surface area contributed by atoms with Gasteiger partial charge < -0.3 is 0 Å². The summed E-state index contributed by atoms with van der Waals surface area (Å²) in [5.41, 5.74) is 0. The van der Waals surface area contributed by atoms with Gasteiger partial charge in [-0.25, -0.2) is 0 Å². The number of urea groups is 1. The number of carbonyl (C=O) groups excluding carboxylic acids is 1. The third kappa shape index (κ3) is 1.67. The Morgan fingerprint density at radius 1 is 1.00 bits per heavy atom. The maximum absolute atomic E-state index is 11.3. The summed E-state index contributed by atoms with van der Waals surface area (Å²) >= 11 is -0.225. The fourth-order valence-electron chi connectivity index (χ4n) is 1.24. The van der Waals surface area contributed by atoms with Crippen LogP contribution in [0.15, 0.2) is 0 Å². The molecule has 5 nitrogen and oxygen atoms in total. The van der Waals surface area contributed by atoms with Crippen molar-refractivity contribution >= 4 is 21.0 Å². The Morgan fingerprint density at radius 2 is 1.31 bits per heavy atom. The van der Waals surface area contributed by atoms with Crippen LogP contribution in [0.5, 0.6) is 0 Å². The zero-order chi connectivity index (χ0) is 10.4. The molecule has 0 aromatic heterocycles. The molecule has 6 heteroatoms. The van der Waals surface area contributed by atoms with Crippen LogP contribution in [0.25, 0.3) is 0 Å². The molecule has 0 N–H and O–H groups in total. The Balaban J connectivity index is 3.00. The molecule has 0 atom stereocenters. The van der Waals surface area contributed by atoms with Crippen molar-refractivity contribution in [1.29, 1.82) is 0 Å². The second kappa shape index (κ2) is 2.85. The van der Waals surface area contributed by atoms with Crippen LogP contribution in [-0.2, 0) is 10.4 Å².